The van der Waals surface area contributed by atoms with Crippen LogP contribution in [-0.4, -0.2) is 0 Å². The summed E-state index contributed by atoms with van der Waals surface area (Å²) in [6.45, 7) is 4.86. The van der Waals surface area contributed by atoms with E-state index in [1.807, 2.05) is 13.8 Å². The van der Waals surface area contributed by atoms with Crippen LogP contribution in [-0.2, 0) is 5.92 Å². The van der Waals surface area contributed by atoms with Crippen LogP contribution >= 0.6 is 0 Å². The van der Waals surface area contributed by atoms with E-state index >= 15 is 0 Å². The highest BCUT2D eigenvalue weighted by Gasteiger charge is 2.23. The van der Waals surface area contributed by atoms with Crippen LogP contribution in [0, 0.1) is 0 Å². The summed E-state index contributed by atoms with van der Waals surface area (Å²) < 4.78 is 25.1. The number of alkyl halides is 2. The molecule has 0 aromatic heterocycles. The second-order valence-corrected chi connectivity index (χ2v) is 2.51. The van der Waals surface area contributed by atoms with Crippen molar-refractivity contribution in [2.75, 3.05) is 5.73 Å². The average Bonchev–Trinajstić information content (AvgIpc) is 2.07. The van der Waals surface area contributed by atoms with Gasteiger partial charge in [0.1, 0.15) is 0 Å². The molecule has 1 aromatic rings. The minimum absolute atomic E-state index is 0.00769. The summed E-state index contributed by atoms with van der Waals surface area (Å²) in [4.78, 5) is 0. The normalized spacial score (nSPS) is 10.2. The second-order valence-electron chi connectivity index (χ2n) is 2.51. The van der Waals surface area contributed by atoms with E-state index < -0.39 is 5.92 Å². The fraction of sp³-hybridized carbons (Fsp3) is 0.400. The minimum atomic E-state index is -2.77. The van der Waals surface area contributed by atoms with Crippen molar-refractivity contribution in [1.29, 1.82) is 0 Å². The first-order chi connectivity index (χ1) is 6.00. The lowest BCUT2D eigenvalue weighted by Gasteiger charge is -2.09. The van der Waals surface area contributed by atoms with Gasteiger partial charge in [0.2, 0.25) is 0 Å². The largest absolute Gasteiger partial charge is 0.399 e. The van der Waals surface area contributed by atoms with Gasteiger partial charge in [-0.15, -0.1) is 0 Å². The summed E-state index contributed by atoms with van der Waals surface area (Å²) in [6, 6.07) is 5.59. The Morgan fingerprint density at radius 3 is 1.77 bits per heavy atom. The molecule has 0 fully saturated rings. The van der Waals surface area contributed by atoms with Gasteiger partial charge in [-0.3, -0.25) is 0 Å². The molecule has 0 saturated heterocycles. The summed E-state index contributed by atoms with van der Waals surface area (Å²) in [5.41, 5.74) is 5.82. The van der Waals surface area contributed by atoms with Gasteiger partial charge in [0.05, 0.1) is 0 Å². The number of hydrogen-bond acceptors (Lipinski definition) is 1. The Bertz CT molecular complexity index is 236. The summed E-state index contributed by atoms with van der Waals surface area (Å²) in [7, 11) is 0. The Hall–Kier alpha value is -1.12. The van der Waals surface area contributed by atoms with Crippen molar-refractivity contribution in [3.05, 3.63) is 29.8 Å². The van der Waals surface area contributed by atoms with Crippen molar-refractivity contribution >= 4 is 5.69 Å². The van der Waals surface area contributed by atoms with Gasteiger partial charge in [-0.25, -0.2) is 8.78 Å². The van der Waals surface area contributed by atoms with E-state index in [2.05, 4.69) is 0 Å². The Kier molecular flexibility index (Phi) is 4.38. The van der Waals surface area contributed by atoms with Crippen molar-refractivity contribution in [1.82, 2.24) is 0 Å². The van der Waals surface area contributed by atoms with Crippen LogP contribution < -0.4 is 5.73 Å². The first kappa shape index (κ1) is 11.9. The third-order valence-electron chi connectivity index (χ3n) is 1.42. The predicted molar refractivity (Wildman–Crippen MR) is 51.8 cm³/mol. The molecular formula is C10H15F2N. The van der Waals surface area contributed by atoms with Crippen molar-refractivity contribution in [3.8, 4) is 0 Å². The molecule has 13 heavy (non-hydrogen) atoms. The maximum absolute atomic E-state index is 12.5. The zero-order chi connectivity index (χ0) is 10.5. The maximum Gasteiger partial charge on any atom is 0.270 e. The average molecular weight is 187 g/mol. The molecule has 3 heteroatoms. The molecule has 0 aliphatic carbocycles. The Balaban J connectivity index is 0.000000671. The van der Waals surface area contributed by atoms with Crippen molar-refractivity contribution in [2.45, 2.75) is 26.7 Å². The summed E-state index contributed by atoms with van der Waals surface area (Å²) in [5.74, 6) is -2.77. The van der Waals surface area contributed by atoms with Crippen LogP contribution in [0.1, 0.15) is 26.3 Å². The quantitative estimate of drug-likeness (QED) is 0.670. The van der Waals surface area contributed by atoms with E-state index in [0.29, 0.717) is 5.69 Å². The van der Waals surface area contributed by atoms with Gasteiger partial charge in [0.25, 0.3) is 5.92 Å². The monoisotopic (exact) mass is 187 g/mol. The zero-order valence-electron chi connectivity index (χ0n) is 8.14. The lowest BCUT2D eigenvalue weighted by molar-refractivity contribution is 0.0175. The topological polar surface area (TPSA) is 26.0 Å². The second kappa shape index (κ2) is 4.80. The van der Waals surface area contributed by atoms with E-state index in [9.17, 15) is 8.78 Å². The highest BCUT2D eigenvalue weighted by atomic mass is 19.3. The van der Waals surface area contributed by atoms with Crippen LogP contribution in [0.4, 0.5) is 14.5 Å². The van der Waals surface area contributed by atoms with Gasteiger partial charge in [-0.2, -0.15) is 0 Å². The molecule has 1 rings (SSSR count). The Morgan fingerprint density at radius 1 is 1.08 bits per heavy atom. The Morgan fingerprint density at radius 2 is 1.46 bits per heavy atom. The first-order valence-electron chi connectivity index (χ1n) is 4.24. The minimum Gasteiger partial charge on any atom is -0.399 e. The van der Waals surface area contributed by atoms with Crippen LogP contribution in [0.15, 0.2) is 24.3 Å². The SMILES string of the molecule is CC.CC(F)(F)c1ccc(N)cc1. The summed E-state index contributed by atoms with van der Waals surface area (Å²) >= 11 is 0. The van der Waals surface area contributed by atoms with Crippen LogP contribution in [0.25, 0.3) is 0 Å². The molecular weight excluding hydrogens is 172 g/mol. The molecule has 0 aliphatic heterocycles. The molecule has 0 amide bonds. The smallest absolute Gasteiger partial charge is 0.270 e. The molecule has 2 N–H and O–H groups in total. The number of nitrogen functional groups attached to an aromatic ring is 1. The number of anilines is 1. The van der Waals surface area contributed by atoms with Crippen molar-refractivity contribution < 1.29 is 8.78 Å². The highest BCUT2D eigenvalue weighted by molar-refractivity contribution is 5.40. The van der Waals surface area contributed by atoms with Gasteiger partial charge in [0.15, 0.2) is 0 Å². The standard InChI is InChI=1S/C8H9F2N.C2H6/c1-8(9,10)6-2-4-7(11)5-3-6;1-2/h2-5H,11H2,1H3;1-2H3. The molecule has 0 radical (unpaired) electrons. The lowest BCUT2D eigenvalue weighted by atomic mass is 10.1. The third-order valence-corrected chi connectivity index (χ3v) is 1.42. The third kappa shape index (κ3) is 3.87. The number of halogens is 2. The van der Waals surface area contributed by atoms with Gasteiger partial charge >= 0.3 is 0 Å². The van der Waals surface area contributed by atoms with Crippen molar-refractivity contribution in [2.24, 2.45) is 0 Å². The van der Waals surface area contributed by atoms with E-state index in [0.717, 1.165) is 6.92 Å². The summed E-state index contributed by atoms with van der Waals surface area (Å²) in [5, 5.41) is 0. The molecule has 0 unspecified atom stereocenters. The van der Waals surface area contributed by atoms with Gasteiger partial charge in [-0.05, 0) is 12.1 Å². The van der Waals surface area contributed by atoms with Gasteiger partial charge in [-0.1, -0.05) is 26.0 Å². The molecule has 0 saturated carbocycles. The maximum atomic E-state index is 12.5. The predicted octanol–water partition coefficient (Wildman–Crippen LogP) is 3.41. The molecule has 0 atom stereocenters. The molecule has 0 spiro atoms. The molecule has 1 aromatic carbocycles. The molecule has 1 nitrogen and oxygen atoms in total. The molecule has 0 bridgehead atoms. The zero-order valence-corrected chi connectivity index (χ0v) is 8.14. The van der Waals surface area contributed by atoms with Gasteiger partial charge in [0, 0.05) is 18.2 Å². The number of nitrogens with two attached hydrogens (primary N) is 1. The fourth-order valence-corrected chi connectivity index (χ4v) is 0.776. The number of benzene rings is 1. The van der Waals surface area contributed by atoms with Crippen LogP contribution in [0.5, 0.6) is 0 Å². The molecule has 74 valence electrons. The van der Waals surface area contributed by atoms with Crippen LogP contribution in [0.2, 0.25) is 0 Å². The molecule has 0 aliphatic rings. The number of rotatable bonds is 1. The van der Waals surface area contributed by atoms with E-state index in [-0.39, 0.29) is 5.56 Å². The highest BCUT2D eigenvalue weighted by Crippen LogP contribution is 2.26. The molecule has 0 heterocycles. The Labute approximate surface area is 77.6 Å². The van der Waals surface area contributed by atoms with Crippen molar-refractivity contribution in [3.63, 3.8) is 0 Å². The van der Waals surface area contributed by atoms with Gasteiger partial charge < -0.3 is 5.73 Å². The summed E-state index contributed by atoms with van der Waals surface area (Å²) in [6.07, 6.45) is 0. The fourth-order valence-electron chi connectivity index (χ4n) is 0.776. The van der Waals surface area contributed by atoms with E-state index in [4.69, 9.17) is 5.73 Å². The van der Waals surface area contributed by atoms with E-state index in [1.54, 1.807) is 0 Å². The first-order valence-corrected chi connectivity index (χ1v) is 4.24. The van der Waals surface area contributed by atoms with E-state index in [1.165, 1.54) is 24.3 Å². The number of hydrogen-bond donors (Lipinski definition) is 1. The van der Waals surface area contributed by atoms with Crippen LogP contribution in [0.3, 0.4) is 0 Å². The lowest BCUT2D eigenvalue weighted by Crippen LogP contribution is -2.06.